The van der Waals surface area contributed by atoms with Gasteiger partial charge in [0.15, 0.2) is 23.0 Å². The van der Waals surface area contributed by atoms with Crippen molar-refractivity contribution in [3.05, 3.63) is 11.5 Å². The number of allylic oxidation sites excluding steroid dienone is 1. The maximum atomic E-state index is 5.19. The van der Waals surface area contributed by atoms with Gasteiger partial charge in [-0.2, -0.15) is 0 Å². The van der Waals surface area contributed by atoms with Gasteiger partial charge in [-0.1, -0.05) is 6.92 Å². The summed E-state index contributed by atoms with van der Waals surface area (Å²) in [5.41, 5.74) is 1.15. The molecular weight excluding hydrogens is 243 g/mol. The minimum absolute atomic E-state index is 0.658. The van der Waals surface area contributed by atoms with Crippen LogP contribution in [0.15, 0.2) is 11.5 Å². The lowest BCUT2D eigenvalue weighted by molar-refractivity contribution is 0.138. The number of halogens is 1. The predicted octanol–water partition coefficient (Wildman–Crippen LogP) is 3.03. The van der Waals surface area contributed by atoms with E-state index in [0.29, 0.717) is 12.6 Å². The molecule has 0 aliphatic rings. The second-order valence-electron chi connectivity index (χ2n) is 1.93. The average Bonchev–Trinajstić information content (AvgIpc) is 1.99. The number of ether oxygens (including phenoxy) is 1. The second-order valence-corrected chi connectivity index (χ2v) is 2.37. The van der Waals surface area contributed by atoms with E-state index in [9.17, 15) is 0 Å². The first kappa shape index (κ1) is 10.1. The Balaban J connectivity index is 4.00. The Morgan fingerprint density at radius 2 is 2.00 bits per heavy atom. The molecule has 0 atom stereocenters. The fourth-order valence-corrected chi connectivity index (χ4v) is 0.990. The average molecular weight is 256 g/mol. The van der Waals surface area contributed by atoms with Crippen LogP contribution in [0.25, 0.3) is 0 Å². The lowest BCUT2D eigenvalue weighted by Gasteiger charge is -2.06. The van der Waals surface area contributed by atoms with Crippen LogP contribution in [0.1, 0.15) is 27.2 Å². The van der Waals surface area contributed by atoms with E-state index in [1.165, 1.54) is 0 Å². The van der Waals surface area contributed by atoms with Crippen molar-refractivity contribution in [2.24, 2.45) is 0 Å². The smallest absolute Gasteiger partial charge is 0.287 e. The Morgan fingerprint density at radius 3 is 2.30 bits per heavy atom. The van der Waals surface area contributed by atoms with E-state index in [0.717, 1.165) is 12.0 Å². The summed E-state index contributed by atoms with van der Waals surface area (Å²) in [5, 5.41) is 0. The molecule has 0 N–H and O–H groups in total. The molecule has 0 aliphatic heterocycles. The van der Waals surface area contributed by atoms with Gasteiger partial charge in [0.1, 0.15) is 0 Å². The molecule has 0 unspecified atom stereocenters. The van der Waals surface area contributed by atoms with Crippen LogP contribution < -0.4 is 0 Å². The van der Waals surface area contributed by atoms with E-state index >= 15 is 0 Å². The first-order valence-corrected chi connectivity index (χ1v) is 4.25. The Kier molecular flexibility index (Phi) is 5.87. The highest BCUT2D eigenvalue weighted by atomic mass is 127. The fourth-order valence-electron chi connectivity index (χ4n) is 0.487. The number of rotatable bonds is 4. The zero-order valence-corrected chi connectivity index (χ0v) is 8.77. The predicted molar refractivity (Wildman–Crippen MR) is 49.7 cm³/mol. The summed E-state index contributed by atoms with van der Waals surface area (Å²) in [4.78, 5) is 0. The van der Waals surface area contributed by atoms with Crippen molar-refractivity contribution in [1.29, 1.82) is 0 Å². The molecular formula is C7H13IO2. The SMILES string of the molecule is CCO/C(OI)=C(/C)CC. The van der Waals surface area contributed by atoms with E-state index in [1.54, 1.807) is 0 Å². The third-order valence-electron chi connectivity index (χ3n) is 1.22. The Hall–Kier alpha value is 0.0700. The van der Waals surface area contributed by atoms with E-state index in [4.69, 9.17) is 7.80 Å². The monoisotopic (exact) mass is 256 g/mol. The van der Waals surface area contributed by atoms with E-state index in [-0.39, 0.29) is 0 Å². The van der Waals surface area contributed by atoms with Crippen molar-refractivity contribution in [3.8, 4) is 0 Å². The summed E-state index contributed by atoms with van der Waals surface area (Å²) in [7, 11) is 0. The standard InChI is InChI=1S/C7H13IO2/c1-4-6(3)7(10-8)9-5-2/h4-5H2,1-3H3/b7-6+. The molecule has 0 saturated carbocycles. The molecule has 0 heterocycles. The van der Waals surface area contributed by atoms with Crippen molar-refractivity contribution in [3.63, 3.8) is 0 Å². The summed E-state index contributed by atoms with van der Waals surface area (Å²) in [5.74, 6) is 0.658. The van der Waals surface area contributed by atoms with Gasteiger partial charge in [0.25, 0.3) is 5.95 Å². The lowest BCUT2D eigenvalue weighted by Crippen LogP contribution is -1.94. The molecule has 60 valence electrons. The van der Waals surface area contributed by atoms with Gasteiger partial charge in [-0.05, 0) is 20.3 Å². The second kappa shape index (κ2) is 5.82. The number of hydrogen-bond acceptors (Lipinski definition) is 2. The molecule has 0 radical (unpaired) electrons. The zero-order chi connectivity index (χ0) is 7.98. The molecule has 2 nitrogen and oxygen atoms in total. The van der Waals surface area contributed by atoms with Gasteiger partial charge in [0.2, 0.25) is 0 Å². The molecule has 0 bridgehead atoms. The van der Waals surface area contributed by atoms with Gasteiger partial charge >= 0.3 is 0 Å². The topological polar surface area (TPSA) is 18.5 Å². The molecule has 0 aromatic rings. The lowest BCUT2D eigenvalue weighted by atomic mass is 10.2. The van der Waals surface area contributed by atoms with Crippen molar-refractivity contribution in [2.45, 2.75) is 27.2 Å². The zero-order valence-electron chi connectivity index (χ0n) is 6.61. The highest BCUT2D eigenvalue weighted by Gasteiger charge is 2.00. The normalized spacial score (nSPS) is 12.4. The first-order chi connectivity index (χ1) is 4.76. The van der Waals surface area contributed by atoms with Crippen LogP contribution in [0, 0.1) is 0 Å². The summed E-state index contributed by atoms with van der Waals surface area (Å²) < 4.78 is 10.2. The van der Waals surface area contributed by atoms with Gasteiger partial charge in [-0.25, -0.2) is 0 Å². The van der Waals surface area contributed by atoms with Gasteiger partial charge in [-0.3, -0.25) is 0 Å². The molecule has 0 fully saturated rings. The molecule has 0 aliphatic carbocycles. The molecule has 3 heteroatoms. The largest absolute Gasteiger partial charge is 0.465 e. The maximum absolute atomic E-state index is 5.19. The van der Waals surface area contributed by atoms with Crippen molar-refractivity contribution in [1.82, 2.24) is 0 Å². The molecule has 0 rings (SSSR count). The quantitative estimate of drug-likeness (QED) is 0.568. The van der Waals surface area contributed by atoms with Crippen molar-refractivity contribution in [2.75, 3.05) is 6.61 Å². The molecule has 0 amide bonds. The van der Waals surface area contributed by atoms with Gasteiger partial charge in [-0.15, -0.1) is 0 Å². The Morgan fingerprint density at radius 1 is 1.40 bits per heavy atom. The van der Waals surface area contributed by atoms with E-state index in [2.05, 4.69) is 6.92 Å². The summed E-state index contributed by atoms with van der Waals surface area (Å²) in [6.45, 7) is 6.68. The molecule has 0 saturated heterocycles. The molecule has 0 aromatic carbocycles. The highest BCUT2D eigenvalue weighted by Crippen LogP contribution is 2.13. The maximum Gasteiger partial charge on any atom is 0.287 e. The van der Waals surface area contributed by atoms with Gasteiger partial charge in [0, 0.05) is 5.57 Å². The van der Waals surface area contributed by atoms with Crippen LogP contribution in [0.2, 0.25) is 0 Å². The molecule has 0 aromatic heterocycles. The summed E-state index contributed by atoms with van der Waals surface area (Å²) in [6.07, 6.45) is 0.971. The van der Waals surface area contributed by atoms with Crippen LogP contribution in [0.4, 0.5) is 0 Å². The summed E-state index contributed by atoms with van der Waals surface area (Å²) >= 11 is 1.83. The Bertz CT molecular complexity index is 121. The minimum Gasteiger partial charge on any atom is -0.465 e. The Labute approximate surface area is 76.3 Å². The van der Waals surface area contributed by atoms with Crippen LogP contribution in [-0.4, -0.2) is 6.61 Å². The van der Waals surface area contributed by atoms with Crippen LogP contribution in [0.3, 0.4) is 0 Å². The third kappa shape index (κ3) is 3.29. The highest BCUT2D eigenvalue weighted by molar-refractivity contribution is 14.1. The fraction of sp³-hybridized carbons (Fsp3) is 0.714. The number of hydrogen-bond donors (Lipinski definition) is 0. The van der Waals surface area contributed by atoms with Crippen LogP contribution >= 0.6 is 23.0 Å². The molecule has 10 heavy (non-hydrogen) atoms. The molecule has 0 spiro atoms. The van der Waals surface area contributed by atoms with Crippen molar-refractivity contribution >= 4 is 23.0 Å². The van der Waals surface area contributed by atoms with E-state index < -0.39 is 0 Å². The minimum atomic E-state index is 0.658. The van der Waals surface area contributed by atoms with Crippen LogP contribution in [-0.2, 0) is 7.80 Å². The summed E-state index contributed by atoms with van der Waals surface area (Å²) in [6, 6.07) is 0. The first-order valence-electron chi connectivity index (χ1n) is 3.37. The van der Waals surface area contributed by atoms with Gasteiger partial charge in [0.05, 0.1) is 6.61 Å². The van der Waals surface area contributed by atoms with Crippen molar-refractivity contribution < 1.29 is 7.80 Å². The van der Waals surface area contributed by atoms with Gasteiger partial charge < -0.3 is 7.80 Å². The van der Waals surface area contributed by atoms with E-state index in [1.807, 2.05) is 36.9 Å². The third-order valence-corrected chi connectivity index (χ3v) is 1.62. The van der Waals surface area contributed by atoms with Crippen LogP contribution in [0.5, 0.6) is 0 Å².